The van der Waals surface area contributed by atoms with Crippen molar-refractivity contribution in [3.05, 3.63) is 46.3 Å². The SMILES string of the molecule is CN(C)c1ncccc1CNC(=O)N1CCO[C@@H](c2cccs2)C1. The zero-order chi connectivity index (χ0) is 16.9. The number of pyridine rings is 1. The third-order valence-corrected chi connectivity index (χ3v) is 4.90. The number of hydrogen-bond donors (Lipinski definition) is 1. The molecule has 128 valence electrons. The molecule has 0 saturated carbocycles. The van der Waals surface area contributed by atoms with Crippen molar-refractivity contribution in [1.29, 1.82) is 0 Å². The van der Waals surface area contributed by atoms with E-state index in [1.165, 1.54) is 0 Å². The number of hydrogen-bond acceptors (Lipinski definition) is 5. The van der Waals surface area contributed by atoms with Crippen LogP contribution in [0, 0.1) is 0 Å². The summed E-state index contributed by atoms with van der Waals surface area (Å²) in [6, 6.07) is 7.86. The molecule has 0 spiro atoms. The van der Waals surface area contributed by atoms with Gasteiger partial charge in [-0.1, -0.05) is 12.1 Å². The molecule has 1 saturated heterocycles. The third kappa shape index (κ3) is 3.85. The molecule has 0 unspecified atom stereocenters. The Morgan fingerprint density at radius 2 is 2.33 bits per heavy atom. The molecule has 2 amide bonds. The molecule has 1 aliphatic heterocycles. The molecule has 6 nitrogen and oxygen atoms in total. The van der Waals surface area contributed by atoms with Crippen LogP contribution in [0.15, 0.2) is 35.8 Å². The van der Waals surface area contributed by atoms with Crippen LogP contribution >= 0.6 is 11.3 Å². The van der Waals surface area contributed by atoms with Gasteiger partial charge in [0.2, 0.25) is 0 Å². The van der Waals surface area contributed by atoms with Crippen LogP contribution in [0.5, 0.6) is 0 Å². The van der Waals surface area contributed by atoms with Crippen molar-refractivity contribution in [3.8, 4) is 0 Å². The fraction of sp³-hybridized carbons (Fsp3) is 0.412. The smallest absolute Gasteiger partial charge is 0.317 e. The predicted octanol–water partition coefficient (Wildman–Crippen LogP) is 2.49. The van der Waals surface area contributed by atoms with Crippen LogP contribution in [0.1, 0.15) is 16.5 Å². The van der Waals surface area contributed by atoms with Crippen molar-refractivity contribution in [3.63, 3.8) is 0 Å². The molecule has 1 fully saturated rings. The largest absolute Gasteiger partial charge is 0.369 e. The summed E-state index contributed by atoms with van der Waals surface area (Å²) >= 11 is 1.66. The lowest BCUT2D eigenvalue weighted by Crippen LogP contribution is -2.46. The Labute approximate surface area is 146 Å². The van der Waals surface area contributed by atoms with E-state index in [9.17, 15) is 4.79 Å². The van der Waals surface area contributed by atoms with E-state index in [1.54, 1.807) is 17.5 Å². The number of urea groups is 1. The fourth-order valence-electron chi connectivity index (χ4n) is 2.73. The Bertz CT molecular complexity index is 675. The van der Waals surface area contributed by atoms with Crippen molar-refractivity contribution in [2.45, 2.75) is 12.6 Å². The van der Waals surface area contributed by atoms with Crippen LogP contribution in [0.2, 0.25) is 0 Å². The number of anilines is 1. The van der Waals surface area contributed by atoms with Crippen LogP contribution in [-0.2, 0) is 11.3 Å². The van der Waals surface area contributed by atoms with Gasteiger partial charge >= 0.3 is 6.03 Å². The number of thiophene rings is 1. The van der Waals surface area contributed by atoms with Gasteiger partial charge in [-0.05, 0) is 17.5 Å². The molecular formula is C17H22N4O2S. The number of carbonyl (C=O) groups is 1. The summed E-state index contributed by atoms with van der Waals surface area (Å²) in [6.07, 6.45) is 1.73. The Morgan fingerprint density at radius 1 is 1.46 bits per heavy atom. The van der Waals surface area contributed by atoms with Crippen LogP contribution in [0.25, 0.3) is 0 Å². The number of amides is 2. The normalized spacial score (nSPS) is 17.6. The predicted molar refractivity (Wildman–Crippen MR) is 95.4 cm³/mol. The molecule has 1 atom stereocenters. The molecule has 0 aromatic carbocycles. The molecule has 0 aliphatic carbocycles. The summed E-state index contributed by atoms with van der Waals surface area (Å²) in [4.78, 5) is 21.8. The fourth-order valence-corrected chi connectivity index (χ4v) is 3.50. The number of nitrogens with zero attached hydrogens (tertiary/aromatic N) is 3. The van der Waals surface area contributed by atoms with E-state index in [2.05, 4.69) is 16.4 Å². The molecule has 1 aliphatic rings. The molecule has 2 aromatic rings. The number of rotatable bonds is 4. The van der Waals surface area contributed by atoms with Gasteiger partial charge in [-0.2, -0.15) is 0 Å². The van der Waals surface area contributed by atoms with Crippen molar-refractivity contribution in [1.82, 2.24) is 15.2 Å². The monoisotopic (exact) mass is 346 g/mol. The van der Waals surface area contributed by atoms with Crippen LogP contribution in [-0.4, -0.2) is 49.7 Å². The van der Waals surface area contributed by atoms with Crippen LogP contribution < -0.4 is 10.2 Å². The Balaban J connectivity index is 1.59. The van der Waals surface area contributed by atoms with Gasteiger partial charge in [0, 0.05) is 43.8 Å². The number of aromatic nitrogens is 1. The average molecular weight is 346 g/mol. The van der Waals surface area contributed by atoms with Gasteiger partial charge in [0.25, 0.3) is 0 Å². The molecule has 24 heavy (non-hydrogen) atoms. The summed E-state index contributed by atoms with van der Waals surface area (Å²) in [7, 11) is 3.89. The lowest BCUT2D eigenvalue weighted by molar-refractivity contribution is -0.0136. The maximum Gasteiger partial charge on any atom is 0.317 e. The first-order valence-corrected chi connectivity index (χ1v) is 8.82. The second-order valence-corrected chi connectivity index (χ2v) is 6.84. The number of nitrogens with one attached hydrogen (secondary N) is 1. The van der Waals surface area contributed by atoms with Gasteiger partial charge in [0.1, 0.15) is 11.9 Å². The van der Waals surface area contributed by atoms with E-state index in [1.807, 2.05) is 47.5 Å². The van der Waals surface area contributed by atoms with Gasteiger partial charge in [-0.15, -0.1) is 11.3 Å². The van der Waals surface area contributed by atoms with Crippen LogP contribution in [0.3, 0.4) is 0 Å². The Kier molecular flexibility index (Phi) is 5.32. The lowest BCUT2D eigenvalue weighted by atomic mass is 10.2. The van der Waals surface area contributed by atoms with Gasteiger partial charge in [0.05, 0.1) is 13.2 Å². The van der Waals surface area contributed by atoms with Crippen molar-refractivity contribution >= 4 is 23.2 Å². The van der Waals surface area contributed by atoms with E-state index in [-0.39, 0.29) is 12.1 Å². The molecule has 7 heteroatoms. The molecule has 0 bridgehead atoms. The maximum absolute atomic E-state index is 12.5. The minimum absolute atomic E-state index is 0.0276. The summed E-state index contributed by atoms with van der Waals surface area (Å²) in [5.74, 6) is 0.872. The maximum atomic E-state index is 12.5. The van der Waals surface area contributed by atoms with Crippen molar-refractivity contribution < 1.29 is 9.53 Å². The average Bonchev–Trinajstić information content (AvgIpc) is 3.14. The minimum Gasteiger partial charge on any atom is -0.369 e. The highest BCUT2D eigenvalue weighted by molar-refractivity contribution is 7.10. The number of carbonyl (C=O) groups excluding carboxylic acids is 1. The molecule has 3 heterocycles. The minimum atomic E-state index is -0.0617. The highest BCUT2D eigenvalue weighted by Gasteiger charge is 2.26. The standard InChI is InChI=1S/C17H22N4O2S/c1-20(2)16-13(5-3-7-18-16)11-19-17(22)21-8-9-23-14(12-21)15-6-4-10-24-15/h3-7,10,14H,8-9,11-12H2,1-2H3,(H,19,22)/t14-/m1/s1. The second kappa shape index (κ2) is 7.63. The number of morpholine rings is 1. The topological polar surface area (TPSA) is 57.7 Å². The van der Waals surface area contributed by atoms with Gasteiger partial charge in [-0.25, -0.2) is 9.78 Å². The summed E-state index contributed by atoms with van der Waals surface area (Å²) in [6.45, 7) is 2.22. The summed E-state index contributed by atoms with van der Waals surface area (Å²) < 4.78 is 5.79. The molecule has 2 aromatic heterocycles. The molecule has 1 N–H and O–H groups in total. The van der Waals surface area contributed by atoms with E-state index in [4.69, 9.17) is 4.74 Å². The molecular weight excluding hydrogens is 324 g/mol. The van der Waals surface area contributed by atoms with Crippen molar-refractivity contribution in [2.24, 2.45) is 0 Å². The summed E-state index contributed by atoms with van der Waals surface area (Å²) in [5, 5.41) is 5.03. The molecule has 3 rings (SSSR count). The first-order valence-electron chi connectivity index (χ1n) is 7.94. The molecule has 0 radical (unpaired) electrons. The Hall–Kier alpha value is -2.12. The zero-order valence-electron chi connectivity index (χ0n) is 13.9. The quantitative estimate of drug-likeness (QED) is 0.924. The van der Waals surface area contributed by atoms with Crippen LogP contribution in [0.4, 0.5) is 10.6 Å². The van der Waals surface area contributed by atoms with E-state index >= 15 is 0 Å². The lowest BCUT2D eigenvalue weighted by Gasteiger charge is -2.32. The van der Waals surface area contributed by atoms with E-state index in [0.29, 0.717) is 26.2 Å². The third-order valence-electron chi connectivity index (χ3n) is 3.94. The first-order chi connectivity index (χ1) is 11.6. The van der Waals surface area contributed by atoms with E-state index < -0.39 is 0 Å². The van der Waals surface area contributed by atoms with E-state index in [0.717, 1.165) is 16.3 Å². The van der Waals surface area contributed by atoms with Gasteiger partial charge in [-0.3, -0.25) is 0 Å². The Morgan fingerprint density at radius 3 is 3.08 bits per heavy atom. The highest BCUT2D eigenvalue weighted by Crippen LogP contribution is 2.26. The van der Waals surface area contributed by atoms with Crippen molar-refractivity contribution in [2.75, 3.05) is 38.7 Å². The number of ether oxygens (including phenoxy) is 1. The zero-order valence-corrected chi connectivity index (χ0v) is 14.8. The highest BCUT2D eigenvalue weighted by atomic mass is 32.1. The van der Waals surface area contributed by atoms with Gasteiger partial charge in [0.15, 0.2) is 0 Å². The van der Waals surface area contributed by atoms with Gasteiger partial charge < -0.3 is 19.9 Å². The summed E-state index contributed by atoms with van der Waals surface area (Å²) in [5.41, 5.74) is 0.999. The second-order valence-electron chi connectivity index (χ2n) is 5.86. The first kappa shape index (κ1) is 16.7.